The number of Topliss-reactive ketones (excluding diaryl/α,β-unsaturated/α-hetero) is 1. The van der Waals surface area contributed by atoms with Crippen LogP contribution >= 0.6 is 23.1 Å². The van der Waals surface area contributed by atoms with Gasteiger partial charge in [0.1, 0.15) is 12.1 Å². The predicted molar refractivity (Wildman–Crippen MR) is 104 cm³/mol. The molecule has 0 spiro atoms. The number of ketones is 1. The van der Waals surface area contributed by atoms with E-state index < -0.39 is 5.91 Å². The van der Waals surface area contributed by atoms with E-state index in [1.165, 1.54) is 23.1 Å². The van der Waals surface area contributed by atoms with Crippen LogP contribution in [0.3, 0.4) is 0 Å². The summed E-state index contributed by atoms with van der Waals surface area (Å²) in [7, 11) is 0. The van der Waals surface area contributed by atoms with Crippen molar-refractivity contribution in [2.75, 3.05) is 5.75 Å². The Morgan fingerprint density at radius 1 is 1.19 bits per heavy atom. The van der Waals surface area contributed by atoms with Gasteiger partial charge in [-0.2, -0.15) is 0 Å². The number of primary amides is 1. The molecule has 3 aromatic heterocycles. The Kier molecular flexibility index (Phi) is 4.78. The summed E-state index contributed by atoms with van der Waals surface area (Å²) >= 11 is 2.68. The quantitative estimate of drug-likeness (QED) is 0.379. The Labute approximate surface area is 162 Å². The molecule has 0 saturated carbocycles. The molecule has 1 amide bonds. The Morgan fingerprint density at radius 3 is 2.78 bits per heavy atom. The lowest BCUT2D eigenvalue weighted by atomic mass is 10.2. The summed E-state index contributed by atoms with van der Waals surface area (Å²) in [5.41, 5.74) is 6.03. The average molecular weight is 398 g/mol. The Bertz CT molecular complexity index is 1080. The zero-order chi connectivity index (χ0) is 18.8. The number of carbonyl (C=O) groups excluding carboxylic acids is 2. The van der Waals surface area contributed by atoms with Crippen molar-refractivity contribution in [2.24, 2.45) is 5.73 Å². The number of rotatable bonds is 7. The predicted octanol–water partition coefficient (Wildman–Crippen LogP) is 3.21. The molecule has 0 saturated heterocycles. The minimum absolute atomic E-state index is 0.0542. The van der Waals surface area contributed by atoms with Gasteiger partial charge in [-0.15, -0.1) is 21.5 Å². The molecule has 0 atom stereocenters. The summed E-state index contributed by atoms with van der Waals surface area (Å²) in [5.74, 6) is 0.299. The van der Waals surface area contributed by atoms with Crippen LogP contribution < -0.4 is 5.73 Å². The fourth-order valence-corrected chi connectivity index (χ4v) is 4.13. The number of thioether (sulfide) groups is 1. The van der Waals surface area contributed by atoms with Crippen LogP contribution in [-0.4, -0.2) is 32.2 Å². The summed E-state index contributed by atoms with van der Waals surface area (Å²) in [6, 6.07) is 13.0. The molecule has 0 unspecified atom stereocenters. The number of nitrogens with zero attached hydrogens (tertiary/aromatic N) is 3. The number of thiophene rings is 1. The van der Waals surface area contributed by atoms with Crippen LogP contribution in [0.5, 0.6) is 0 Å². The number of benzene rings is 1. The molecule has 136 valence electrons. The molecule has 0 aliphatic heterocycles. The molecule has 3 heterocycles. The molecule has 0 fully saturated rings. The Morgan fingerprint density at radius 2 is 2.04 bits per heavy atom. The van der Waals surface area contributed by atoms with Crippen molar-refractivity contribution in [3.8, 4) is 10.7 Å². The second kappa shape index (κ2) is 7.37. The first-order valence-corrected chi connectivity index (χ1v) is 9.88. The number of hydrogen-bond donors (Lipinski definition) is 1. The van der Waals surface area contributed by atoms with E-state index in [9.17, 15) is 9.59 Å². The highest BCUT2D eigenvalue weighted by Gasteiger charge is 2.19. The zero-order valence-electron chi connectivity index (χ0n) is 14.0. The topological polar surface area (TPSA) is 104 Å². The molecule has 9 heteroatoms. The molecule has 0 radical (unpaired) electrons. The van der Waals surface area contributed by atoms with E-state index in [-0.39, 0.29) is 18.1 Å². The number of fused-ring (bicyclic) bond motifs is 1. The molecular weight excluding hydrogens is 384 g/mol. The highest BCUT2D eigenvalue weighted by molar-refractivity contribution is 7.99. The lowest BCUT2D eigenvalue weighted by Crippen LogP contribution is -2.20. The molecule has 27 heavy (non-hydrogen) atoms. The Hall–Kier alpha value is -2.91. The number of hydrogen-bond acceptors (Lipinski definition) is 7. The van der Waals surface area contributed by atoms with Crippen molar-refractivity contribution in [1.29, 1.82) is 0 Å². The molecule has 4 rings (SSSR count). The third-order valence-corrected chi connectivity index (χ3v) is 5.64. The van der Waals surface area contributed by atoms with E-state index in [1.807, 2.05) is 41.8 Å². The maximum atomic E-state index is 12.5. The van der Waals surface area contributed by atoms with Crippen LogP contribution in [0.15, 0.2) is 57.4 Å². The van der Waals surface area contributed by atoms with Crippen LogP contribution in [0.4, 0.5) is 0 Å². The number of amides is 1. The molecule has 7 nitrogen and oxygen atoms in total. The summed E-state index contributed by atoms with van der Waals surface area (Å²) < 4.78 is 7.23. The molecular formula is C18H14N4O3S2. The standard InChI is InChI=1S/C18H14N4O3S2/c19-16(24)9-22-17(15-6-3-7-26-15)20-21-18(22)27-10-12(23)14-8-11-4-1-2-5-13(11)25-14/h1-8H,9-10H2,(H2,19,24). The van der Waals surface area contributed by atoms with E-state index in [0.717, 1.165) is 10.3 Å². The van der Waals surface area contributed by atoms with Crippen LogP contribution in [0.1, 0.15) is 10.6 Å². The van der Waals surface area contributed by atoms with Crippen molar-refractivity contribution in [2.45, 2.75) is 11.7 Å². The lowest BCUT2D eigenvalue weighted by molar-refractivity contribution is -0.118. The monoisotopic (exact) mass is 398 g/mol. The first-order valence-electron chi connectivity index (χ1n) is 8.02. The second-order valence-electron chi connectivity index (χ2n) is 5.70. The fraction of sp³-hybridized carbons (Fsp3) is 0.111. The van der Waals surface area contributed by atoms with Gasteiger partial charge in [-0.1, -0.05) is 36.0 Å². The molecule has 2 N–H and O–H groups in total. The van der Waals surface area contributed by atoms with Gasteiger partial charge in [-0.3, -0.25) is 14.2 Å². The summed E-state index contributed by atoms with van der Waals surface area (Å²) in [4.78, 5) is 24.8. The van der Waals surface area contributed by atoms with E-state index in [2.05, 4.69) is 10.2 Å². The maximum absolute atomic E-state index is 12.5. The smallest absolute Gasteiger partial charge is 0.237 e. The van der Waals surface area contributed by atoms with Gasteiger partial charge < -0.3 is 10.2 Å². The number of furan rings is 1. The van der Waals surface area contributed by atoms with Crippen molar-refractivity contribution in [3.63, 3.8) is 0 Å². The first-order chi connectivity index (χ1) is 13.1. The maximum Gasteiger partial charge on any atom is 0.237 e. The third kappa shape index (κ3) is 3.64. The van der Waals surface area contributed by atoms with Gasteiger partial charge in [0.05, 0.1) is 10.6 Å². The third-order valence-electron chi connectivity index (χ3n) is 3.81. The highest BCUT2D eigenvalue weighted by Crippen LogP contribution is 2.28. The van der Waals surface area contributed by atoms with E-state index in [4.69, 9.17) is 10.2 Å². The molecule has 4 aromatic rings. The number of aromatic nitrogens is 3. The number of carbonyl (C=O) groups is 2. The normalized spacial score (nSPS) is 11.1. The van der Waals surface area contributed by atoms with Gasteiger partial charge in [0.2, 0.25) is 11.7 Å². The fourth-order valence-electron chi connectivity index (χ4n) is 2.60. The van der Waals surface area contributed by atoms with Crippen LogP contribution in [0, 0.1) is 0 Å². The zero-order valence-corrected chi connectivity index (χ0v) is 15.6. The number of para-hydroxylation sites is 1. The SMILES string of the molecule is NC(=O)Cn1c(SCC(=O)c2cc3ccccc3o2)nnc1-c1cccs1. The van der Waals surface area contributed by atoms with Crippen LogP contribution in [0.25, 0.3) is 21.7 Å². The first kappa shape index (κ1) is 17.5. The Balaban J connectivity index is 1.55. The largest absolute Gasteiger partial charge is 0.453 e. The average Bonchev–Trinajstić information content (AvgIpc) is 3.38. The second-order valence-corrected chi connectivity index (χ2v) is 7.59. The van der Waals surface area contributed by atoms with Crippen molar-refractivity contribution < 1.29 is 14.0 Å². The summed E-state index contributed by atoms with van der Waals surface area (Å²) in [6.07, 6.45) is 0. The summed E-state index contributed by atoms with van der Waals surface area (Å²) in [5, 5.41) is 11.5. The van der Waals surface area contributed by atoms with Gasteiger partial charge in [0, 0.05) is 5.39 Å². The number of nitrogens with two attached hydrogens (primary N) is 1. The summed E-state index contributed by atoms with van der Waals surface area (Å²) in [6.45, 7) is -0.0542. The molecule has 0 aliphatic carbocycles. The molecule has 0 aliphatic rings. The molecule has 0 bridgehead atoms. The van der Waals surface area contributed by atoms with Gasteiger partial charge in [-0.25, -0.2) is 0 Å². The molecule has 1 aromatic carbocycles. The lowest BCUT2D eigenvalue weighted by Gasteiger charge is -2.06. The van der Waals surface area contributed by atoms with Gasteiger partial charge in [0.25, 0.3) is 0 Å². The van der Waals surface area contributed by atoms with Gasteiger partial charge >= 0.3 is 0 Å². The van der Waals surface area contributed by atoms with Crippen molar-refractivity contribution >= 4 is 45.8 Å². The van der Waals surface area contributed by atoms with Crippen molar-refractivity contribution in [1.82, 2.24) is 14.8 Å². The van der Waals surface area contributed by atoms with Gasteiger partial charge in [0.15, 0.2) is 16.7 Å². The highest BCUT2D eigenvalue weighted by atomic mass is 32.2. The van der Waals surface area contributed by atoms with Gasteiger partial charge in [-0.05, 0) is 23.6 Å². The minimum atomic E-state index is -0.502. The minimum Gasteiger partial charge on any atom is -0.453 e. The van der Waals surface area contributed by atoms with E-state index in [1.54, 1.807) is 10.6 Å². The van der Waals surface area contributed by atoms with Crippen LogP contribution in [-0.2, 0) is 11.3 Å². The van der Waals surface area contributed by atoms with Crippen molar-refractivity contribution in [3.05, 3.63) is 53.6 Å². The van der Waals surface area contributed by atoms with E-state index in [0.29, 0.717) is 22.3 Å². The van der Waals surface area contributed by atoms with Crippen LogP contribution in [0.2, 0.25) is 0 Å². The van der Waals surface area contributed by atoms with E-state index >= 15 is 0 Å².